The maximum Gasteiger partial charge on any atom is 0.461 e. The zero-order valence-corrected chi connectivity index (χ0v) is 29.8. The Morgan fingerprint density at radius 1 is 0.907 bits per heavy atom. The Bertz CT molecular complexity index is 1970. The van der Waals surface area contributed by atoms with Crippen molar-refractivity contribution >= 4 is 34.4 Å². The number of halogens is 5. The molecule has 3 aromatic carbocycles. The van der Waals surface area contributed by atoms with Crippen LogP contribution in [0.3, 0.4) is 0 Å². The first-order valence-electron chi connectivity index (χ1n) is 18.2. The minimum atomic E-state index is -5.85. The number of H-pyrrole nitrogens is 1. The van der Waals surface area contributed by atoms with Crippen LogP contribution >= 0.6 is 0 Å². The van der Waals surface area contributed by atoms with Gasteiger partial charge >= 0.3 is 12.1 Å². The number of nitrogens with two attached hydrogens (primary N) is 1. The summed E-state index contributed by atoms with van der Waals surface area (Å²) in [5.41, 5.74) is 9.72. The predicted octanol–water partition coefficient (Wildman–Crippen LogP) is 6.11. The summed E-state index contributed by atoms with van der Waals surface area (Å²) < 4.78 is 66.8. The molecule has 1 saturated carbocycles. The number of alkyl halides is 5. The van der Waals surface area contributed by atoms with Gasteiger partial charge in [0.25, 0.3) is 5.91 Å². The number of carbonyl (C=O) groups excluding carboxylic acids is 3. The lowest BCUT2D eigenvalue weighted by Crippen LogP contribution is -2.48. The van der Waals surface area contributed by atoms with Crippen LogP contribution < -0.4 is 27.0 Å². The summed E-state index contributed by atoms with van der Waals surface area (Å²) in [6.07, 6.45) is -1.09. The summed E-state index contributed by atoms with van der Waals surface area (Å²) in [5.74, 6) is -7.69. The topological polar surface area (TPSA) is 154 Å². The minimum Gasteiger partial charge on any atom is -0.349 e. The smallest absolute Gasteiger partial charge is 0.349 e. The van der Waals surface area contributed by atoms with Gasteiger partial charge in [0.2, 0.25) is 11.8 Å². The van der Waals surface area contributed by atoms with E-state index < -0.39 is 29.9 Å². The highest BCUT2D eigenvalue weighted by Gasteiger charge is 2.61. The summed E-state index contributed by atoms with van der Waals surface area (Å²) in [6.45, 7) is 4.23. The van der Waals surface area contributed by atoms with E-state index in [0.717, 1.165) is 61.0 Å². The van der Waals surface area contributed by atoms with E-state index in [9.17, 15) is 36.3 Å². The maximum absolute atomic E-state index is 13.9. The van der Waals surface area contributed by atoms with E-state index in [2.05, 4.69) is 26.3 Å². The Balaban J connectivity index is 1.17. The number of fused-ring (bicyclic) bond motifs is 1. The fourth-order valence-electron chi connectivity index (χ4n) is 7.18. The van der Waals surface area contributed by atoms with Crippen LogP contribution in [0.1, 0.15) is 65.8 Å². The largest absolute Gasteiger partial charge is 0.461 e. The molecule has 54 heavy (non-hydrogen) atoms. The monoisotopic (exact) mass is 753 g/mol. The second-order valence-electron chi connectivity index (χ2n) is 14.3. The van der Waals surface area contributed by atoms with Crippen molar-refractivity contribution in [3.8, 4) is 11.1 Å². The molecule has 3 amide bonds. The molecule has 10 nitrogen and oxygen atoms in total. The number of anilines is 1. The van der Waals surface area contributed by atoms with Crippen molar-refractivity contribution < 1.29 is 36.3 Å². The molecule has 4 aromatic rings. The van der Waals surface area contributed by atoms with E-state index in [4.69, 9.17) is 5.73 Å². The number of amides is 3. The quantitative estimate of drug-likeness (QED) is 0.102. The standard InChI is InChI=1S/C39H44F5N7O3/c1-22-18-27(35(53)47-28-14-16-46-17-15-28)10-12-30(22)25-6-2-23(3-7-25)19-33(49-34(52)26-8-4-24(21-45)5-9-26)36(54)48-29-11-13-31-32(20-29)51-37(50-31)38(40,41)39(42,43)44/h2-3,6-7,10-13,18,20,24,26,28,33,46H,4-5,8-9,14-17,19,21,45H2,1H3,(H,47,53)(H,48,54)(H,49,52)(H,50,51). The molecule has 1 atom stereocenters. The third-order valence-electron chi connectivity index (χ3n) is 10.5. The van der Waals surface area contributed by atoms with Gasteiger partial charge in [-0.2, -0.15) is 22.0 Å². The molecule has 2 aliphatic rings. The van der Waals surface area contributed by atoms with Gasteiger partial charge in [-0.15, -0.1) is 0 Å². The van der Waals surface area contributed by atoms with E-state index in [-0.39, 0.29) is 46.9 Å². The SMILES string of the molecule is Cc1cc(C(=O)NC2CCNCC2)ccc1-c1ccc(CC(NC(=O)C2CCC(CN)CC2)C(=O)Nc2ccc3nc(C(F)(F)C(F)(F)F)[nH]c3c2)cc1. The number of carbonyl (C=O) groups is 3. The number of hydrogen-bond donors (Lipinski definition) is 6. The van der Waals surface area contributed by atoms with Gasteiger partial charge in [-0.25, -0.2) is 4.98 Å². The molecule has 7 N–H and O–H groups in total. The van der Waals surface area contributed by atoms with Gasteiger partial charge in [-0.1, -0.05) is 30.3 Å². The van der Waals surface area contributed by atoms with Crippen LogP contribution in [-0.4, -0.2) is 65.6 Å². The van der Waals surface area contributed by atoms with Gasteiger partial charge in [-0.3, -0.25) is 14.4 Å². The number of nitrogens with zero attached hydrogens (tertiary/aromatic N) is 1. The number of piperidine rings is 1. The van der Waals surface area contributed by atoms with E-state index in [1.165, 1.54) is 18.2 Å². The van der Waals surface area contributed by atoms with Crippen LogP contribution in [0.2, 0.25) is 0 Å². The zero-order chi connectivity index (χ0) is 38.6. The normalized spacial score (nSPS) is 18.9. The Morgan fingerprint density at radius 3 is 2.26 bits per heavy atom. The van der Waals surface area contributed by atoms with Crippen LogP contribution in [0.25, 0.3) is 22.2 Å². The Morgan fingerprint density at radius 2 is 1.61 bits per heavy atom. The number of benzene rings is 3. The molecule has 2 fully saturated rings. The number of nitrogens with one attached hydrogen (secondary N) is 5. The highest BCUT2D eigenvalue weighted by atomic mass is 19.4. The third-order valence-corrected chi connectivity index (χ3v) is 10.5. The zero-order valence-electron chi connectivity index (χ0n) is 29.8. The summed E-state index contributed by atoms with van der Waals surface area (Å²) in [4.78, 5) is 45.5. The molecule has 1 aromatic heterocycles. The molecule has 288 valence electrons. The van der Waals surface area contributed by atoms with Gasteiger partial charge in [0.1, 0.15) is 6.04 Å². The van der Waals surface area contributed by atoms with Crippen molar-refractivity contribution in [2.75, 3.05) is 25.0 Å². The third kappa shape index (κ3) is 8.90. The molecule has 1 aliphatic heterocycles. The average molecular weight is 754 g/mol. The number of hydrogen-bond acceptors (Lipinski definition) is 6. The Hall–Kier alpha value is -4.89. The van der Waals surface area contributed by atoms with Crippen molar-refractivity contribution in [2.24, 2.45) is 17.6 Å². The summed E-state index contributed by atoms with van der Waals surface area (Å²) >= 11 is 0. The molecule has 0 radical (unpaired) electrons. The van der Waals surface area contributed by atoms with Crippen LogP contribution in [0.15, 0.2) is 60.7 Å². The molecule has 0 spiro atoms. The fraction of sp³-hybridized carbons (Fsp3) is 0.436. The number of rotatable bonds is 11. The van der Waals surface area contributed by atoms with Crippen molar-refractivity contribution in [2.45, 2.75) is 76.1 Å². The van der Waals surface area contributed by atoms with Crippen LogP contribution in [-0.2, 0) is 21.9 Å². The minimum absolute atomic E-state index is 0.108. The summed E-state index contributed by atoms with van der Waals surface area (Å²) in [7, 11) is 0. The number of aromatic amines is 1. The van der Waals surface area contributed by atoms with Gasteiger partial charge in [-0.05, 0) is 124 Å². The first-order chi connectivity index (χ1) is 25.7. The Kier molecular flexibility index (Phi) is 11.7. The van der Waals surface area contributed by atoms with Gasteiger partial charge in [0, 0.05) is 29.6 Å². The first kappa shape index (κ1) is 38.8. The molecule has 1 unspecified atom stereocenters. The van der Waals surface area contributed by atoms with E-state index in [0.29, 0.717) is 30.9 Å². The predicted molar refractivity (Wildman–Crippen MR) is 195 cm³/mol. The van der Waals surface area contributed by atoms with Crippen molar-refractivity contribution in [3.05, 3.63) is 83.2 Å². The highest BCUT2D eigenvalue weighted by molar-refractivity contribution is 5.99. The molecule has 1 aliphatic carbocycles. The van der Waals surface area contributed by atoms with Gasteiger partial charge in [0.05, 0.1) is 11.0 Å². The lowest BCUT2D eigenvalue weighted by atomic mass is 9.81. The van der Waals surface area contributed by atoms with Crippen LogP contribution in [0.5, 0.6) is 0 Å². The molecule has 1 saturated heterocycles. The maximum atomic E-state index is 13.9. The molecule has 15 heteroatoms. The number of aryl methyl sites for hydroxylation is 1. The number of aromatic nitrogens is 2. The Labute approximate surface area is 309 Å². The van der Waals surface area contributed by atoms with E-state index >= 15 is 0 Å². The second-order valence-corrected chi connectivity index (χ2v) is 14.3. The van der Waals surface area contributed by atoms with Crippen molar-refractivity contribution in [3.63, 3.8) is 0 Å². The first-order valence-corrected chi connectivity index (χ1v) is 18.2. The summed E-state index contributed by atoms with van der Waals surface area (Å²) in [5, 5.41) is 12.0. The van der Waals surface area contributed by atoms with Crippen LogP contribution in [0.4, 0.5) is 27.6 Å². The number of imidazole rings is 1. The molecular formula is C39H44F5N7O3. The lowest BCUT2D eigenvalue weighted by molar-refractivity contribution is -0.292. The molecule has 2 heterocycles. The van der Waals surface area contributed by atoms with Gasteiger partial charge < -0.3 is 32.0 Å². The second kappa shape index (κ2) is 16.2. The molecule has 0 bridgehead atoms. The highest BCUT2D eigenvalue weighted by Crippen LogP contribution is 2.43. The molecule has 6 rings (SSSR count). The average Bonchev–Trinajstić information content (AvgIpc) is 3.59. The molecular weight excluding hydrogens is 709 g/mol. The lowest BCUT2D eigenvalue weighted by Gasteiger charge is -2.28. The van der Waals surface area contributed by atoms with E-state index in [1.807, 2.05) is 48.3 Å². The van der Waals surface area contributed by atoms with Crippen LogP contribution in [0, 0.1) is 18.8 Å². The fourth-order valence-corrected chi connectivity index (χ4v) is 7.18. The van der Waals surface area contributed by atoms with Gasteiger partial charge in [0.15, 0.2) is 5.82 Å². The summed E-state index contributed by atoms with van der Waals surface area (Å²) in [6, 6.07) is 15.9. The van der Waals surface area contributed by atoms with Crippen molar-refractivity contribution in [1.29, 1.82) is 0 Å². The van der Waals surface area contributed by atoms with E-state index in [1.54, 1.807) is 6.07 Å². The van der Waals surface area contributed by atoms with Crippen molar-refractivity contribution in [1.82, 2.24) is 25.9 Å².